The number of likely N-dealkylation sites (tertiary alicyclic amines) is 2. The summed E-state index contributed by atoms with van der Waals surface area (Å²) in [4.78, 5) is 34.1. The third-order valence-electron chi connectivity index (χ3n) is 11.9. The lowest BCUT2D eigenvalue weighted by atomic mass is 9.73. The van der Waals surface area contributed by atoms with Gasteiger partial charge < -0.3 is 15.1 Å². The van der Waals surface area contributed by atoms with Crippen molar-refractivity contribution in [2.75, 3.05) is 44.7 Å². The Bertz CT molecular complexity index is 1120. The van der Waals surface area contributed by atoms with Crippen LogP contribution in [-0.2, 0) is 16.0 Å². The molecule has 6 aliphatic rings. The molecule has 6 nitrogen and oxygen atoms in total. The van der Waals surface area contributed by atoms with Crippen molar-refractivity contribution in [3.05, 3.63) is 29.6 Å². The number of amides is 2. The number of piperidine rings is 1. The summed E-state index contributed by atoms with van der Waals surface area (Å²) < 4.78 is 13.9. The third kappa shape index (κ3) is 4.25. The van der Waals surface area contributed by atoms with E-state index in [0.29, 0.717) is 48.2 Å². The van der Waals surface area contributed by atoms with E-state index in [4.69, 9.17) is 0 Å². The molecule has 2 bridgehead atoms. The van der Waals surface area contributed by atoms with E-state index >= 15 is 0 Å². The molecular formula is C32H45FN4O2. The molecule has 7 heteroatoms. The van der Waals surface area contributed by atoms with Crippen LogP contribution in [0.25, 0.3) is 0 Å². The highest BCUT2D eigenvalue weighted by atomic mass is 19.1. The first kappa shape index (κ1) is 25.9. The first-order valence-corrected chi connectivity index (χ1v) is 15.7. The van der Waals surface area contributed by atoms with Crippen LogP contribution in [0.2, 0.25) is 0 Å². The lowest BCUT2D eigenvalue weighted by Crippen LogP contribution is -2.47. The molecule has 2 amide bonds. The average molecular weight is 537 g/mol. The number of halogens is 1. The number of nitrogens with zero attached hydrogens (tertiary/aromatic N) is 3. The van der Waals surface area contributed by atoms with Gasteiger partial charge in [-0.1, -0.05) is 25.8 Å². The van der Waals surface area contributed by atoms with E-state index in [-0.39, 0.29) is 29.5 Å². The first-order valence-electron chi connectivity index (χ1n) is 15.7. The van der Waals surface area contributed by atoms with Crippen LogP contribution in [0, 0.1) is 47.2 Å². The zero-order chi connectivity index (χ0) is 26.8. The van der Waals surface area contributed by atoms with Crippen molar-refractivity contribution < 1.29 is 14.0 Å². The van der Waals surface area contributed by atoms with Gasteiger partial charge in [0.05, 0.1) is 11.8 Å². The minimum absolute atomic E-state index is 0.0626. The summed E-state index contributed by atoms with van der Waals surface area (Å²) in [6.45, 7) is 7.14. The van der Waals surface area contributed by atoms with Gasteiger partial charge in [0.1, 0.15) is 5.82 Å². The van der Waals surface area contributed by atoms with E-state index in [1.165, 1.54) is 24.8 Å². The molecule has 1 aromatic carbocycles. The summed E-state index contributed by atoms with van der Waals surface area (Å²) >= 11 is 0. The van der Waals surface area contributed by atoms with Gasteiger partial charge in [-0.3, -0.25) is 14.5 Å². The van der Waals surface area contributed by atoms with Crippen LogP contribution < -0.4 is 10.2 Å². The molecule has 0 spiro atoms. The van der Waals surface area contributed by atoms with Gasteiger partial charge in [0.2, 0.25) is 11.8 Å². The third-order valence-corrected chi connectivity index (χ3v) is 11.9. The summed E-state index contributed by atoms with van der Waals surface area (Å²) in [7, 11) is 2.01. The number of carbonyl (C=O) groups excluding carboxylic acids is 2. The lowest BCUT2D eigenvalue weighted by Gasteiger charge is -2.41. The van der Waals surface area contributed by atoms with E-state index in [1.807, 2.05) is 13.1 Å². The molecule has 0 radical (unpaired) electrons. The second kappa shape index (κ2) is 10.1. The zero-order valence-electron chi connectivity index (χ0n) is 23.7. The molecule has 3 aliphatic heterocycles. The normalized spacial score (nSPS) is 38.6. The lowest BCUT2D eigenvalue weighted by molar-refractivity contribution is -0.142. The van der Waals surface area contributed by atoms with Crippen LogP contribution in [0.3, 0.4) is 0 Å². The highest BCUT2D eigenvalue weighted by molar-refractivity contribution is 6.06. The minimum atomic E-state index is -0.135. The number of anilines is 1. The molecule has 39 heavy (non-hydrogen) atoms. The number of hydrogen-bond acceptors (Lipinski definition) is 5. The van der Waals surface area contributed by atoms with E-state index in [9.17, 15) is 14.0 Å². The van der Waals surface area contributed by atoms with Crippen LogP contribution in [0.5, 0.6) is 0 Å². The maximum atomic E-state index is 13.9. The average Bonchev–Trinajstić information content (AvgIpc) is 3.68. The zero-order valence-corrected chi connectivity index (χ0v) is 23.7. The number of hydrogen-bond donors (Lipinski definition) is 1. The fraction of sp³-hybridized carbons (Fsp3) is 0.750. The molecule has 212 valence electrons. The summed E-state index contributed by atoms with van der Waals surface area (Å²) in [5.41, 5.74) is 2.39. The second-order valence-electron chi connectivity index (χ2n) is 13.6. The van der Waals surface area contributed by atoms with E-state index in [2.05, 4.69) is 22.0 Å². The number of benzene rings is 1. The minimum Gasteiger partial charge on any atom is -0.368 e. The van der Waals surface area contributed by atoms with Crippen molar-refractivity contribution in [2.24, 2.45) is 41.4 Å². The van der Waals surface area contributed by atoms with E-state index in [0.717, 1.165) is 64.0 Å². The number of carbonyl (C=O) groups is 2. The van der Waals surface area contributed by atoms with Gasteiger partial charge in [-0.2, -0.15) is 0 Å². The Morgan fingerprint density at radius 3 is 2.33 bits per heavy atom. The first-order chi connectivity index (χ1) is 18.9. The molecule has 0 aromatic heterocycles. The Kier molecular flexibility index (Phi) is 6.74. The molecule has 6 unspecified atom stereocenters. The molecule has 1 aromatic rings. The van der Waals surface area contributed by atoms with Crippen molar-refractivity contribution >= 4 is 17.5 Å². The monoisotopic (exact) mass is 536 g/mol. The van der Waals surface area contributed by atoms with Crippen LogP contribution in [0.15, 0.2) is 18.2 Å². The van der Waals surface area contributed by atoms with Crippen molar-refractivity contribution in [2.45, 2.75) is 70.4 Å². The van der Waals surface area contributed by atoms with Crippen molar-refractivity contribution in [1.82, 2.24) is 15.1 Å². The van der Waals surface area contributed by atoms with Crippen LogP contribution in [0.4, 0.5) is 10.1 Å². The van der Waals surface area contributed by atoms with Gasteiger partial charge in [0, 0.05) is 50.5 Å². The Morgan fingerprint density at radius 1 is 0.923 bits per heavy atom. The molecule has 3 heterocycles. The van der Waals surface area contributed by atoms with Crippen LogP contribution in [-0.4, -0.2) is 73.5 Å². The predicted octanol–water partition coefficient (Wildman–Crippen LogP) is 3.93. The molecule has 8 atom stereocenters. The van der Waals surface area contributed by atoms with Crippen molar-refractivity contribution in [3.8, 4) is 0 Å². The Morgan fingerprint density at radius 2 is 1.62 bits per heavy atom. The van der Waals surface area contributed by atoms with Gasteiger partial charge in [0.25, 0.3) is 0 Å². The summed E-state index contributed by atoms with van der Waals surface area (Å²) in [6.07, 6.45) is 9.09. The fourth-order valence-corrected chi connectivity index (χ4v) is 10.0. The van der Waals surface area contributed by atoms with Gasteiger partial charge in [-0.15, -0.1) is 0 Å². The number of nitrogens with one attached hydrogen (secondary N) is 1. The highest BCUT2D eigenvalue weighted by Crippen LogP contribution is 2.58. The number of fused-ring (bicyclic) bond motifs is 6. The maximum Gasteiger partial charge on any atom is 0.233 e. The largest absolute Gasteiger partial charge is 0.368 e. The fourth-order valence-electron chi connectivity index (χ4n) is 10.0. The predicted molar refractivity (Wildman–Crippen MR) is 150 cm³/mol. The molecule has 1 N–H and O–H groups in total. The number of imide groups is 1. The maximum absolute atomic E-state index is 13.9. The summed E-state index contributed by atoms with van der Waals surface area (Å²) in [5.74, 6) is 2.13. The Balaban J connectivity index is 0.973. The van der Waals surface area contributed by atoms with Gasteiger partial charge in [-0.25, -0.2) is 4.39 Å². The smallest absolute Gasteiger partial charge is 0.233 e. The second-order valence-corrected chi connectivity index (χ2v) is 13.6. The van der Waals surface area contributed by atoms with Crippen LogP contribution >= 0.6 is 0 Å². The van der Waals surface area contributed by atoms with E-state index in [1.54, 1.807) is 17.0 Å². The standard InChI is InChI=1S/C32H45FN4O2/c1-19-25-16-26(30(19)34-2)29-28(25)31(38)37(32(29)39)18-22-6-4-3-5-21(22)17-35-12-10-24(11-13-35)36-14-9-20-7-8-23(33)15-27(20)36/h7-8,15,19,21-22,24-26,28-30,34H,3-6,9-14,16-18H2,1-2H3/t19?,21-,22-,25?,26?,28?,29?,30?/m0/s1. The van der Waals surface area contributed by atoms with Gasteiger partial charge in [-0.05, 0) is 92.9 Å². The van der Waals surface area contributed by atoms with E-state index < -0.39 is 0 Å². The Hall–Kier alpha value is -1.99. The SMILES string of the molecule is CNC1C(C)C2CC1C1C(=O)N(C[C@@H]3CCCC[C@H]3CN3CCC(N4CCc5ccc(F)cc54)CC3)C(=O)C21. The molecular weight excluding hydrogens is 491 g/mol. The molecule has 7 rings (SSSR count). The molecule has 2 saturated heterocycles. The summed E-state index contributed by atoms with van der Waals surface area (Å²) in [5, 5.41) is 3.46. The number of rotatable bonds is 6. The molecule has 3 aliphatic carbocycles. The van der Waals surface area contributed by atoms with Gasteiger partial charge in [0.15, 0.2) is 0 Å². The molecule has 3 saturated carbocycles. The quantitative estimate of drug-likeness (QED) is 0.559. The Labute approximate surface area is 232 Å². The highest BCUT2D eigenvalue weighted by Gasteiger charge is 2.66. The summed E-state index contributed by atoms with van der Waals surface area (Å²) in [6, 6.07) is 6.12. The molecule has 5 fully saturated rings. The van der Waals surface area contributed by atoms with Crippen LogP contribution in [0.1, 0.15) is 57.4 Å². The van der Waals surface area contributed by atoms with Crippen molar-refractivity contribution in [1.29, 1.82) is 0 Å². The topological polar surface area (TPSA) is 55.9 Å². The van der Waals surface area contributed by atoms with Crippen molar-refractivity contribution in [3.63, 3.8) is 0 Å². The van der Waals surface area contributed by atoms with Gasteiger partial charge >= 0.3 is 0 Å².